The smallest absolute Gasteiger partial charge is 0.336 e. The molecule has 0 aromatic rings. The van der Waals surface area contributed by atoms with Crippen molar-refractivity contribution in [2.75, 3.05) is 6.61 Å². The lowest BCUT2D eigenvalue weighted by atomic mass is 9.91. The summed E-state index contributed by atoms with van der Waals surface area (Å²) in [7, 11) is 0. The summed E-state index contributed by atoms with van der Waals surface area (Å²) in [5.74, 6) is -1.18. The van der Waals surface area contributed by atoms with Gasteiger partial charge in [0.2, 0.25) is 0 Å². The van der Waals surface area contributed by atoms with Gasteiger partial charge < -0.3 is 19.3 Å². The summed E-state index contributed by atoms with van der Waals surface area (Å²) < 4.78 is 16.2. The topological polar surface area (TPSA) is 65.0 Å². The fourth-order valence-corrected chi connectivity index (χ4v) is 2.22. The summed E-state index contributed by atoms with van der Waals surface area (Å²) in [6, 6.07) is 0. The third-order valence-electron chi connectivity index (χ3n) is 2.91. The van der Waals surface area contributed by atoms with E-state index in [-0.39, 0.29) is 0 Å². The molecule has 0 aromatic heterocycles. The highest BCUT2D eigenvalue weighted by Gasteiger charge is 2.49. The van der Waals surface area contributed by atoms with Crippen LogP contribution in [0.4, 0.5) is 0 Å². The fraction of sp³-hybridized carbons (Fsp3) is 0.750. The predicted octanol–water partition coefficient (Wildman–Crippen LogP) is 0.761. The van der Waals surface area contributed by atoms with Crippen LogP contribution < -0.4 is 0 Å². The highest BCUT2D eigenvalue weighted by atomic mass is 16.8. The second-order valence-corrected chi connectivity index (χ2v) is 4.70. The number of ether oxygens (including phenoxy) is 3. The van der Waals surface area contributed by atoms with Gasteiger partial charge in [0.25, 0.3) is 0 Å². The molecular formula is C12H18O5. The van der Waals surface area contributed by atoms with Crippen molar-refractivity contribution >= 4 is 5.97 Å². The lowest BCUT2D eigenvalue weighted by Crippen LogP contribution is -2.41. The molecule has 1 fully saturated rings. The first-order valence-corrected chi connectivity index (χ1v) is 5.85. The Morgan fingerprint density at radius 1 is 1.59 bits per heavy atom. The van der Waals surface area contributed by atoms with E-state index in [9.17, 15) is 9.90 Å². The van der Waals surface area contributed by atoms with Crippen LogP contribution in [0.5, 0.6) is 0 Å². The number of hydrogen-bond acceptors (Lipinski definition) is 5. The zero-order valence-electron chi connectivity index (χ0n) is 10.3. The van der Waals surface area contributed by atoms with Gasteiger partial charge in [0.15, 0.2) is 5.79 Å². The maximum absolute atomic E-state index is 11.8. The van der Waals surface area contributed by atoms with Gasteiger partial charge in [-0.15, -0.1) is 0 Å². The molecule has 3 atom stereocenters. The number of aliphatic hydroxyl groups is 1. The number of carbonyl (C=O) groups excluding carboxylic acids is 1. The molecule has 1 heterocycles. The molecule has 0 spiro atoms. The van der Waals surface area contributed by atoms with Gasteiger partial charge >= 0.3 is 5.97 Å². The first-order valence-electron chi connectivity index (χ1n) is 5.85. The quantitative estimate of drug-likeness (QED) is 0.724. The Kier molecular flexibility index (Phi) is 3.25. The summed E-state index contributed by atoms with van der Waals surface area (Å²) in [6.07, 6.45) is 0.394. The van der Waals surface area contributed by atoms with Crippen molar-refractivity contribution in [2.45, 2.75) is 51.3 Å². The molecule has 5 heteroatoms. The zero-order valence-corrected chi connectivity index (χ0v) is 10.3. The second kappa shape index (κ2) is 4.40. The number of esters is 1. The van der Waals surface area contributed by atoms with Gasteiger partial charge in [-0.05, 0) is 27.2 Å². The van der Waals surface area contributed by atoms with Gasteiger partial charge in [-0.25, -0.2) is 4.79 Å². The SMILES string of the molecule is CCOC(=O)C1=CC[C@H](O)[C@@H]2OC(C)(C)O[C@H]12. The van der Waals surface area contributed by atoms with Crippen molar-refractivity contribution in [2.24, 2.45) is 0 Å². The zero-order chi connectivity index (χ0) is 12.6. The van der Waals surface area contributed by atoms with Gasteiger partial charge in [-0.3, -0.25) is 0 Å². The Hall–Kier alpha value is -0.910. The molecule has 5 nitrogen and oxygen atoms in total. The van der Waals surface area contributed by atoms with E-state index in [2.05, 4.69) is 0 Å². The lowest BCUT2D eigenvalue weighted by molar-refractivity contribution is -0.153. The Bertz CT molecular complexity index is 347. The third-order valence-corrected chi connectivity index (χ3v) is 2.91. The van der Waals surface area contributed by atoms with E-state index < -0.39 is 30.1 Å². The van der Waals surface area contributed by atoms with Crippen molar-refractivity contribution in [1.29, 1.82) is 0 Å². The minimum atomic E-state index is -0.785. The van der Waals surface area contributed by atoms with Crippen molar-refractivity contribution in [3.63, 3.8) is 0 Å². The average Bonchev–Trinajstić information content (AvgIpc) is 2.55. The van der Waals surface area contributed by atoms with E-state index in [0.29, 0.717) is 18.6 Å². The van der Waals surface area contributed by atoms with Gasteiger partial charge in [-0.1, -0.05) is 6.08 Å². The molecule has 2 rings (SSSR count). The minimum Gasteiger partial charge on any atom is -0.463 e. The lowest BCUT2D eigenvalue weighted by Gasteiger charge is -2.26. The Morgan fingerprint density at radius 2 is 2.29 bits per heavy atom. The second-order valence-electron chi connectivity index (χ2n) is 4.70. The van der Waals surface area contributed by atoms with Crippen LogP contribution in [0.1, 0.15) is 27.2 Å². The highest BCUT2D eigenvalue weighted by Crippen LogP contribution is 2.37. The van der Waals surface area contributed by atoms with Crippen LogP contribution in [0.3, 0.4) is 0 Å². The molecule has 96 valence electrons. The van der Waals surface area contributed by atoms with Crippen LogP contribution in [0.15, 0.2) is 11.6 Å². The van der Waals surface area contributed by atoms with E-state index in [0.717, 1.165) is 0 Å². The maximum atomic E-state index is 11.8. The van der Waals surface area contributed by atoms with E-state index in [1.807, 2.05) is 0 Å². The highest BCUT2D eigenvalue weighted by molar-refractivity contribution is 5.90. The Balaban J connectivity index is 2.21. The molecular weight excluding hydrogens is 224 g/mol. The number of fused-ring (bicyclic) bond motifs is 1. The number of carbonyl (C=O) groups is 1. The average molecular weight is 242 g/mol. The number of aliphatic hydroxyl groups excluding tert-OH is 1. The van der Waals surface area contributed by atoms with Crippen molar-refractivity contribution in [3.8, 4) is 0 Å². The molecule has 0 unspecified atom stereocenters. The van der Waals surface area contributed by atoms with Crippen LogP contribution in [-0.2, 0) is 19.0 Å². The standard InChI is InChI=1S/C12H18O5/c1-4-15-11(14)7-5-6-8(13)10-9(7)16-12(2,3)17-10/h5,8-10,13H,4,6H2,1-3H3/t8-,9+,10-/m0/s1. The van der Waals surface area contributed by atoms with Gasteiger partial charge in [0.1, 0.15) is 12.2 Å². The van der Waals surface area contributed by atoms with Gasteiger partial charge in [-0.2, -0.15) is 0 Å². The third kappa shape index (κ3) is 2.36. The summed E-state index contributed by atoms with van der Waals surface area (Å²) in [6.45, 7) is 5.60. The van der Waals surface area contributed by atoms with Gasteiger partial charge in [0.05, 0.1) is 18.3 Å². The maximum Gasteiger partial charge on any atom is 0.336 e. The van der Waals surface area contributed by atoms with Crippen LogP contribution in [0, 0.1) is 0 Å². The summed E-state index contributed by atoms with van der Waals surface area (Å²) in [5, 5.41) is 9.84. The molecule has 0 bridgehead atoms. The molecule has 1 N–H and O–H groups in total. The van der Waals surface area contributed by atoms with E-state index >= 15 is 0 Å². The van der Waals surface area contributed by atoms with Crippen LogP contribution >= 0.6 is 0 Å². The van der Waals surface area contributed by atoms with Crippen molar-refractivity contribution < 1.29 is 24.1 Å². The summed E-state index contributed by atoms with van der Waals surface area (Å²) >= 11 is 0. The first kappa shape index (κ1) is 12.5. The van der Waals surface area contributed by atoms with Crippen LogP contribution in [0.25, 0.3) is 0 Å². The first-order chi connectivity index (χ1) is 7.94. The molecule has 17 heavy (non-hydrogen) atoms. The van der Waals surface area contributed by atoms with E-state index in [1.54, 1.807) is 26.8 Å². The van der Waals surface area contributed by atoms with E-state index in [1.165, 1.54) is 0 Å². The van der Waals surface area contributed by atoms with Crippen molar-refractivity contribution in [3.05, 3.63) is 11.6 Å². The summed E-state index contributed by atoms with van der Waals surface area (Å²) in [4.78, 5) is 11.8. The predicted molar refractivity (Wildman–Crippen MR) is 59.2 cm³/mol. The van der Waals surface area contributed by atoms with Crippen molar-refractivity contribution in [1.82, 2.24) is 0 Å². The number of rotatable bonds is 2. The molecule has 1 aliphatic carbocycles. The molecule has 0 aromatic carbocycles. The van der Waals surface area contributed by atoms with E-state index in [4.69, 9.17) is 14.2 Å². The largest absolute Gasteiger partial charge is 0.463 e. The van der Waals surface area contributed by atoms with Crippen LogP contribution in [0.2, 0.25) is 0 Å². The monoisotopic (exact) mass is 242 g/mol. The summed E-state index contributed by atoms with van der Waals surface area (Å²) in [5.41, 5.74) is 0.452. The minimum absolute atomic E-state index is 0.320. The van der Waals surface area contributed by atoms with Crippen LogP contribution in [-0.4, -0.2) is 41.8 Å². The Morgan fingerprint density at radius 3 is 2.94 bits per heavy atom. The number of hydrogen-bond donors (Lipinski definition) is 1. The molecule has 1 aliphatic heterocycles. The Labute approximate surface area is 100 Å². The van der Waals surface area contributed by atoms with Gasteiger partial charge in [0, 0.05) is 0 Å². The molecule has 0 saturated carbocycles. The normalized spacial score (nSPS) is 35.1. The molecule has 0 radical (unpaired) electrons. The molecule has 2 aliphatic rings. The molecule has 1 saturated heterocycles. The molecule has 0 amide bonds. The fourth-order valence-electron chi connectivity index (χ4n) is 2.22.